The van der Waals surface area contributed by atoms with Gasteiger partial charge in [0.1, 0.15) is 5.82 Å². The van der Waals surface area contributed by atoms with Gasteiger partial charge in [0, 0.05) is 15.4 Å². The Morgan fingerprint density at radius 2 is 1.50 bits per heavy atom. The number of aryl methyl sites for hydroxylation is 1. The molecule has 0 aliphatic carbocycles. The molecule has 0 aliphatic rings. The molecule has 0 aliphatic heterocycles. The summed E-state index contributed by atoms with van der Waals surface area (Å²) in [4.78, 5) is 1.95. The van der Waals surface area contributed by atoms with Crippen molar-refractivity contribution in [2.24, 2.45) is 5.73 Å². The van der Waals surface area contributed by atoms with Crippen molar-refractivity contribution >= 4 is 24.2 Å². The van der Waals surface area contributed by atoms with Crippen LogP contribution in [0.5, 0.6) is 0 Å². The fourth-order valence-electron chi connectivity index (χ4n) is 3.30. The van der Waals surface area contributed by atoms with E-state index in [0.29, 0.717) is 24.3 Å². The van der Waals surface area contributed by atoms with E-state index in [1.807, 2.05) is 36.4 Å². The molecule has 6 heteroatoms. The Morgan fingerprint density at radius 1 is 0.906 bits per heavy atom. The van der Waals surface area contributed by atoms with E-state index in [2.05, 4.69) is 38.1 Å². The number of hydrogen-bond acceptors (Lipinski definition) is 4. The molecule has 3 aromatic carbocycles. The minimum Gasteiger partial charge on any atom is -0.394 e. The summed E-state index contributed by atoms with van der Waals surface area (Å²) >= 11 is 1.55. The molecule has 0 atom stereocenters. The van der Waals surface area contributed by atoms with Crippen LogP contribution < -0.4 is 5.73 Å². The molecule has 0 unspecified atom stereocenters. The summed E-state index contributed by atoms with van der Waals surface area (Å²) in [5.41, 5.74) is 8.63. The van der Waals surface area contributed by atoms with Crippen molar-refractivity contribution < 1.29 is 14.6 Å². The molecule has 0 bridgehead atoms. The van der Waals surface area contributed by atoms with Crippen LogP contribution in [0.2, 0.25) is 0 Å². The van der Waals surface area contributed by atoms with Crippen LogP contribution in [0.15, 0.2) is 76.5 Å². The number of nitrogens with two attached hydrogens (primary N) is 1. The van der Waals surface area contributed by atoms with E-state index in [-0.39, 0.29) is 31.4 Å². The highest BCUT2D eigenvalue weighted by atomic mass is 35.5. The van der Waals surface area contributed by atoms with E-state index in [1.54, 1.807) is 17.8 Å². The maximum atomic E-state index is 14.8. The average molecular weight is 476 g/mol. The highest BCUT2D eigenvalue weighted by Gasteiger charge is 2.22. The Morgan fingerprint density at radius 3 is 2.03 bits per heavy atom. The molecule has 0 saturated heterocycles. The fourth-order valence-corrected chi connectivity index (χ4v) is 4.15. The Kier molecular flexibility index (Phi) is 9.74. The van der Waals surface area contributed by atoms with Crippen LogP contribution in [0.3, 0.4) is 0 Å². The smallest absolute Gasteiger partial charge is 0.132 e. The molecule has 3 aromatic rings. The van der Waals surface area contributed by atoms with E-state index in [0.717, 1.165) is 20.9 Å². The monoisotopic (exact) mass is 475 g/mol. The van der Waals surface area contributed by atoms with Gasteiger partial charge in [-0.1, -0.05) is 68.1 Å². The second-order valence-corrected chi connectivity index (χ2v) is 9.49. The van der Waals surface area contributed by atoms with Gasteiger partial charge in [-0.05, 0) is 59.7 Å². The van der Waals surface area contributed by atoms with Crippen molar-refractivity contribution in [3.05, 3.63) is 83.7 Å². The summed E-state index contributed by atoms with van der Waals surface area (Å²) < 4.78 is 14.8. The molecule has 32 heavy (non-hydrogen) atoms. The Bertz CT molecular complexity index is 990. The number of hydrogen-bond donors (Lipinski definition) is 3. The quantitative estimate of drug-likeness (QED) is 0.365. The lowest BCUT2D eigenvalue weighted by Crippen LogP contribution is -2.47. The third-order valence-electron chi connectivity index (χ3n) is 5.53. The van der Waals surface area contributed by atoms with Gasteiger partial charge < -0.3 is 15.9 Å². The van der Waals surface area contributed by atoms with Crippen molar-refractivity contribution in [3.8, 4) is 11.1 Å². The maximum Gasteiger partial charge on any atom is 0.132 e. The topological polar surface area (TPSA) is 66.5 Å². The lowest BCUT2D eigenvalue weighted by molar-refractivity contribution is 0.115. The fraction of sp³-hybridized carbons (Fsp3) is 0.308. The van der Waals surface area contributed by atoms with Crippen molar-refractivity contribution in [1.29, 1.82) is 0 Å². The van der Waals surface area contributed by atoms with Gasteiger partial charge in [-0.25, -0.2) is 4.39 Å². The van der Waals surface area contributed by atoms with Crippen LogP contribution in [0, 0.1) is 5.82 Å². The zero-order valence-corrected chi connectivity index (χ0v) is 20.1. The summed E-state index contributed by atoms with van der Waals surface area (Å²) in [6.45, 7) is 3.80. The first-order chi connectivity index (χ1) is 14.8. The van der Waals surface area contributed by atoms with Gasteiger partial charge in [0.15, 0.2) is 0 Å². The highest BCUT2D eigenvalue weighted by molar-refractivity contribution is 7.99. The third kappa shape index (κ3) is 6.80. The van der Waals surface area contributed by atoms with Gasteiger partial charge in [-0.3, -0.25) is 0 Å². The van der Waals surface area contributed by atoms with Gasteiger partial charge in [-0.2, -0.15) is 0 Å². The number of aliphatic hydroxyl groups is 2. The molecule has 0 spiro atoms. The van der Waals surface area contributed by atoms with E-state index < -0.39 is 5.54 Å². The zero-order chi connectivity index (χ0) is 22.4. The van der Waals surface area contributed by atoms with Crippen LogP contribution in [0.4, 0.5) is 4.39 Å². The minimum absolute atomic E-state index is 0. The van der Waals surface area contributed by atoms with Crippen LogP contribution in [-0.2, 0) is 6.42 Å². The van der Waals surface area contributed by atoms with Gasteiger partial charge in [-0.15, -0.1) is 12.4 Å². The third-order valence-corrected chi connectivity index (χ3v) is 6.53. The lowest BCUT2D eigenvalue weighted by Gasteiger charge is -2.24. The first-order valence-electron chi connectivity index (χ1n) is 10.5. The van der Waals surface area contributed by atoms with Gasteiger partial charge in [0.25, 0.3) is 0 Å². The molecule has 3 nitrogen and oxygen atoms in total. The summed E-state index contributed by atoms with van der Waals surface area (Å²) in [5.74, 6) is 0.238. The minimum atomic E-state index is -0.979. The van der Waals surface area contributed by atoms with Crippen LogP contribution in [0.1, 0.15) is 37.3 Å². The van der Waals surface area contributed by atoms with Crippen LogP contribution in [-0.4, -0.2) is 29.0 Å². The van der Waals surface area contributed by atoms with Gasteiger partial charge >= 0.3 is 0 Å². The number of benzene rings is 3. The Labute approximate surface area is 200 Å². The van der Waals surface area contributed by atoms with E-state index >= 15 is 0 Å². The highest BCUT2D eigenvalue weighted by Crippen LogP contribution is 2.32. The Hall–Kier alpha value is -1.89. The molecule has 0 saturated carbocycles. The molecule has 0 aromatic heterocycles. The summed E-state index contributed by atoms with van der Waals surface area (Å²) in [6, 6.07) is 21.4. The SMILES string of the molecule is CC(C)c1ccc(Sc2ccc(-c3ccc(CCC(N)(CO)CO)cc3)c(F)c2)cc1.Cl. The second kappa shape index (κ2) is 11.8. The standard InChI is InChI=1S/C26H30FNO2S.ClH/c1-18(2)20-7-9-22(10-8-20)31-23-11-12-24(25(27)15-23)21-5-3-19(4-6-21)13-14-26(28,16-29)17-30;/h3-12,15,18,29-30H,13-14,16-17,28H2,1-2H3;1H. The summed E-state index contributed by atoms with van der Waals surface area (Å²) in [7, 11) is 0. The molecule has 0 amide bonds. The van der Waals surface area contributed by atoms with Gasteiger partial charge in [0.2, 0.25) is 0 Å². The predicted molar refractivity (Wildman–Crippen MR) is 133 cm³/mol. The zero-order valence-electron chi connectivity index (χ0n) is 18.4. The molecule has 0 heterocycles. The molecule has 4 N–H and O–H groups in total. The normalized spacial score (nSPS) is 11.5. The van der Waals surface area contributed by atoms with Crippen LogP contribution >= 0.6 is 24.2 Å². The van der Waals surface area contributed by atoms with Crippen molar-refractivity contribution in [2.45, 2.75) is 47.9 Å². The van der Waals surface area contributed by atoms with Crippen LogP contribution in [0.25, 0.3) is 11.1 Å². The number of halogens is 2. The summed E-state index contributed by atoms with van der Waals surface area (Å²) in [5, 5.41) is 18.6. The van der Waals surface area contributed by atoms with E-state index in [9.17, 15) is 14.6 Å². The van der Waals surface area contributed by atoms with Crippen molar-refractivity contribution in [2.75, 3.05) is 13.2 Å². The van der Waals surface area contributed by atoms with Crippen molar-refractivity contribution in [3.63, 3.8) is 0 Å². The molecule has 3 rings (SSSR count). The lowest BCUT2D eigenvalue weighted by atomic mass is 9.93. The second-order valence-electron chi connectivity index (χ2n) is 8.34. The molecule has 172 valence electrons. The average Bonchev–Trinajstić information content (AvgIpc) is 2.78. The first-order valence-corrected chi connectivity index (χ1v) is 11.3. The van der Waals surface area contributed by atoms with E-state index in [1.165, 1.54) is 5.56 Å². The summed E-state index contributed by atoms with van der Waals surface area (Å²) in [6.07, 6.45) is 1.10. The van der Waals surface area contributed by atoms with E-state index in [4.69, 9.17) is 5.73 Å². The first kappa shape index (κ1) is 26.4. The molecule has 0 radical (unpaired) electrons. The molecular formula is C26H31ClFNO2S. The maximum absolute atomic E-state index is 14.8. The largest absolute Gasteiger partial charge is 0.394 e. The molecule has 0 fully saturated rings. The van der Waals surface area contributed by atoms with Crippen molar-refractivity contribution in [1.82, 2.24) is 0 Å². The molecular weight excluding hydrogens is 445 g/mol. The predicted octanol–water partition coefficient (Wildman–Crippen LogP) is 5.80. The Balaban J connectivity index is 0.00000363. The van der Waals surface area contributed by atoms with Gasteiger partial charge in [0.05, 0.1) is 18.8 Å². The number of aliphatic hydroxyl groups excluding tert-OH is 2. The number of rotatable bonds is 9.